The molecule has 1 saturated carbocycles. The second-order valence-electron chi connectivity index (χ2n) is 11.1. The molecule has 2 aromatic carbocycles. The van der Waals surface area contributed by atoms with Gasteiger partial charge < -0.3 is 20.5 Å². The number of anilines is 1. The van der Waals surface area contributed by atoms with E-state index in [1.165, 1.54) is 37.7 Å². The number of amides is 1. The number of primary amides is 1. The molecule has 42 heavy (non-hydrogen) atoms. The molecule has 7 heteroatoms. The summed E-state index contributed by atoms with van der Waals surface area (Å²) in [5, 5.41) is 8.31. The van der Waals surface area contributed by atoms with Gasteiger partial charge in [0.25, 0.3) is 0 Å². The molecule has 0 radical (unpaired) electrons. The molecule has 0 aromatic heterocycles. The number of allylic oxidation sites excluding steroid dienone is 2. The van der Waals surface area contributed by atoms with Gasteiger partial charge in [-0.1, -0.05) is 69.0 Å². The fourth-order valence-electron chi connectivity index (χ4n) is 4.82. The van der Waals surface area contributed by atoms with Gasteiger partial charge in [-0.15, -0.1) is 13.2 Å². The number of thiol groups is 1. The monoisotopic (exact) mass is 616 g/mol. The van der Waals surface area contributed by atoms with Crippen LogP contribution in [0.3, 0.4) is 0 Å². The van der Waals surface area contributed by atoms with Gasteiger partial charge in [-0.25, -0.2) is 0 Å². The Morgan fingerprint density at radius 3 is 2.48 bits per heavy atom. The Morgan fingerprint density at radius 2 is 1.88 bits per heavy atom. The van der Waals surface area contributed by atoms with Crippen molar-refractivity contribution in [2.24, 2.45) is 23.5 Å². The van der Waals surface area contributed by atoms with E-state index in [9.17, 15) is 4.79 Å². The van der Waals surface area contributed by atoms with E-state index < -0.39 is 5.91 Å². The van der Waals surface area contributed by atoms with Crippen molar-refractivity contribution >= 4 is 35.8 Å². The van der Waals surface area contributed by atoms with Crippen LogP contribution >= 0.6 is 24.2 Å². The molecular formula is C35H53ClN2O3S. The van der Waals surface area contributed by atoms with Crippen LogP contribution in [0.15, 0.2) is 67.8 Å². The van der Waals surface area contributed by atoms with E-state index in [0.717, 1.165) is 55.3 Å². The standard InChI is InChI=1S/C20H23ClN2O2.C12H22S.C2H4.CH4O/c1-23-12-15(6-2-4-14-5-3-7-17(21)10-14)13-25-19-9-8-16(20(22)24)11-18(19)23;1-10(11(2)13)6-3-4-7-12-8-5-9-12;2*1-2/h3,5,7-11,15H,2,4,6,12-13H2,1H3,(H2,22,24);3-4,10-13H,5-9H2,1-2H3;1-2H2;2H,1H3/b;4-3+;;/t;10-,11+;;/m.0../s1. The first-order valence-corrected chi connectivity index (χ1v) is 15.9. The molecule has 1 unspecified atom stereocenters. The van der Waals surface area contributed by atoms with Gasteiger partial charge in [0.15, 0.2) is 0 Å². The highest BCUT2D eigenvalue weighted by atomic mass is 35.5. The quantitative estimate of drug-likeness (QED) is 0.185. The largest absolute Gasteiger partial charge is 0.491 e. The molecule has 0 spiro atoms. The Hall–Kier alpha value is -2.41. The molecule has 2 aliphatic rings. The minimum absolute atomic E-state index is 0.418. The number of halogens is 1. The molecule has 1 aliphatic carbocycles. The van der Waals surface area contributed by atoms with Gasteiger partial charge in [0.2, 0.25) is 5.91 Å². The minimum Gasteiger partial charge on any atom is -0.491 e. The number of nitrogens with zero attached hydrogens (tertiary/aromatic N) is 1. The third-order valence-electron chi connectivity index (χ3n) is 7.82. The van der Waals surface area contributed by atoms with E-state index in [4.69, 9.17) is 27.2 Å². The van der Waals surface area contributed by atoms with Gasteiger partial charge in [0.05, 0.1) is 12.3 Å². The van der Waals surface area contributed by atoms with Crippen LogP contribution in [0.5, 0.6) is 5.75 Å². The molecule has 1 aliphatic heterocycles. The van der Waals surface area contributed by atoms with Gasteiger partial charge in [-0.05, 0) is 79.8 Å². The van der Waals surface area contributed by atoms with E-state index in [1.54, 1.807) is 6.07 Å². The predicted molar refractivity (Wildman–Crippen MR) is 184 cm³/mol. The lowest BCUT2D eigenvalue weighted by Crippen LogP contribution is -2.26. The Labute approximate surface area is 265 Å². The Bertz CT molecular complexity index is 1070. The first kappa shape index (κ1) is 37.6. The lowest BCUT2D eigenvalue weighted by Gasteiger charge is -2.23. The molecule has 4 rings (SSSR count). The zero-order valence-corrected chi connectivity index (χ0v) is 27.8. The average Bonchev–Trinajstić information content (AvgIpc) is 3.12. The van der Waals surface area contributed by atoms with E-state index in [2.05, 4.69) is 62.8 Å². The molecule has 2 aromatic rings. The molecule has 1 heterocycles. The number of aliphatic hydroxyl groups excluding tert-OH is 1. The van der Waals surface area contributed by atoms with Gasteiger partial charge >= 0.3 is 0 Å². The van der Waals surface area contributed by atoms with Crippen molar-refractivity contribution in [1.29, 1.82) is 0 Å². The van der Waals surface area contributed by atoms with Gasteiger partial charge in [0.1, 0.15) is 5.75 Å². The van der Waals surface area contributed by atoms with Crippen LogP contribution in [-0.4, -0.2) is 43.6 Å². The fraction of sp³-hybridized carbons (Fsp3) is 0.514. The normalized spacial score (nSPS) is 17.3. The van der Waals surface area contributed by atoms with Gasteiger partial charge in [-0.2, -0.15) is 12.6 Å². The molecule has 0 saturated heterocycles. The topological polar surface area (TPSA) is 75.8 Å². The molecule has 3 atom stereocenters. The van der Waals surface area contributed by atoms with Crippen molar-refractivity contribution in [3.63, 3.8) is 0 Å². The number of nitrogens with two attached hydrogens (primary N) is 1. The zero-order valence-electron chi connectivity index (χ0n) is 26.1. The van der Waals surface area contributed by atoms with Crippen molar-refractivity contribution in [3.05, 3.63) is 83.9 Å². The van der Waals surface area contributed by atoms with Crippen LogP contribution in [-0.2, 0) is 6.42 Å². The summed E-state index contributed by atoms with van der Waals surface area (Å²) in [6.07, 6.45) is 14.8. The zero-order chi connectivity index (χ0) is 31.5. The second-order valence-corrected chi connectivity index (χ2v) is 12.3. The number of fused-ring (bicyclic) bond motifs is 1. The molecule has 234 valence electrons. The van der Waals surface area contributed by atoms with Gasteiger partial charge in [0, 0.05) is 42.5 Å². The summed E-state index contributed by atoms with van der Waals surface area (Å²) in [7, 11) is 3.03. The summed E-state index contributed by atoms with van der Waals surface area (Å²) in [6, 6.07) is 13.4. The third-order valence-corrected chi connectivity index (χ3v) is 8.56. The highest BCUT2D eigenvalue weighted by Gasteiger charge is 2.21. The number of aryl methyl sites for hydroxylation is 1. The van der Waals surface area contributed by atoms with Crippen molar-refractivity contribution in [2.75, 3.05) is 32.2 Å². The summed E-state index contributed by atoms with van der Waals surface area (Å²) in [6.45, 7) is 12.0. The third kappa shape index (κ3) is 13.7. The molecule has 1 fully saturated rings. The van der Waals surface area contributed by atoms with Crippen LogP contribution in [0.25, 0.3) is 0 Å². The molecule has 1 amide bonds. The highest BCUT2D eigenvalue weighted by molar-refractivity contribution is 7.80. The number of benzene rings is 2. The van der Waals surface area contributed by atoms with Crippen molar-refractivity contribution in [3.8, 4) is 5.75 Å². The lowest BCUT2D eigenvalue weighted by molar-refractivity contribution is 0.100. The molecule has 0 bridgehead atoms. The fourth-order valence-corrected chi connectivity index (χ4v) is 5.16. The summed E-state index contributed by atoms with van der Waals surface area (Å²) in [5.74, 6) is 2.55. The average molecular weight is 617 g/mol. The van der Waals surface area contributed by atoms with Crippen LogP contribution in [0.2, 0.25) is 5.02 Å². The minimum atomic E-state index is -0.418. The van der Waals surface area contributed by atoms with E-state index >= 15 is 0 Å². The van der Waals surface area contributed by atoms with E-state index in [-0.39, 0.29) is 0 Å². The SMILES string of the molecule is C=C.CN1CC(CCCc2cccc(Cl)c2)COc2ccc(C(N)=O)cc21.CO.C[C@@H](S)[C@@H](C)C/C=C/CC1CCC1. The van der Waals surface area contributed by atoms with Crippen LogP contribution in [0, 0.1) is 17.8 Å². The van der Waals surface area contributed by atoms with Crippen LogP contribution < -0.4 is 15.4 Å². The number of hydrogen-bond donors (Lipinski definition) is 3. The number of aliphatic hydroxyl groups is 1. The summed E-state index contributed by atoms with van der Waals surface area (Å²) < 4.78 is 5.97. The summed E-state index contributed by atoms with van der Waals surface area (Å²) in [5.41, 5.74) is 8.08. The smallest absolute Gasteiger partial charge is 0.248 e. The van der Waals surface area contributed by atoms with Crippen molar-refractivity contribution in [1.82, 2.24) is 0 Å². The van der Waals surface area contributed by atoms with E-state index in [1.807, 2.05) is 37.4 Å². The molecule has 5 nitrogen and oxygen atoms in total. The second kappa shape index (κ2) is 21.3. The van der Waals surface area contributed by atoms with Crippen molar-refractivity contribution in [2.45, 2.75) is 70.5 Å². The first-order chi connectivity index (χ1) is 20.2. The summed E-state index contributed by atoms with van der Waals surface area (Å²) >= 11 is 10.5. The number of rotatable bonds is 10. The Kier molecular flexibility index (Phi) is 19.1. The van der Waals surface area contributed by atoms with Gasteiger partial charge in [-0.3, -0.25) is 4.79 Å². The Morgan fingerprint density at radius 1 is 1.17 bits per heavy atom. The van der Waals surface area contributed by atoms with E-state index in [0.29, 0.717) is 29.3 Å². The number of carbonyl (C=O) groups excluding carboxylic acids is 1. The number of carbonyl (C=O) groups is 1. The predicted octanol–water partition coefficient (Wildman–Crippen LogP) is 8.39. The molecule has 3 N–H and O–H groups in total. The summed E-state index contributed by atoms with van der Waals surface area (Å²) in [4.78, 5) is 13.5. The Balaban J connectivity index is 0.000000438. The number of hydrogen-bond acceptors (Lipinski definition) is 5. The number of ether oxygens (including phenoxy) is 1. The maximum atomic E-state index is 11.4. The van der Waals surface area contributed by atoms with Crippen LogP contribution in [0.1, 0.15) is 74.7 Å². The van der Waals surface area contributed by atoms with Crippen LogP contribution in [0.4, 0.5) is 5.69 Å². The highest BCUT2D eigenvalue weighted by Crippen LogP contribution is 2.33. The first-order valence-electron chi connectivity index (χ1n) is 15.0. The maximum Gasteiger partial charge on any atom is 0.248 e. The maximum absolute atomic E-state index is 11.4. The lowest BCUT2D eigenvalue weighted by atomic mass is 9.83. The molecular weight excluding hydrogens is 564 g/mol. The van der Waals surface area contributed by atoms with Crippen molar-refractivity contribution < 1.29 is 14.6 Å².